The Hall–Kier alpha value is -2.69. The second-order valence-electron chi connectivity index (χ2n) is 4.29. The average Bonchev–Trinajstić information content (AvgIpc) is 2.83. The Bertz CT molecular complexity index is 749. The molecule has 5 heteroatoms. The summed E-state index contributed by atoms with van der Waals surface area (Å²) in [7, 11) is 0. The number of hydrogen-bond acceptors (Lipinski definition) is 3. The van der Waals surface area contributed by atoms with E-state index in [0.717, 1.165) is 16.6 Å². The summed E-state index contributed by atoms with van der Waals surface area (Å²) < 4.78 is 1.98. The molecular weight excluding hydrogens is 242 g/mol. The van der Waals surface area contributed by atoms with Gasteiger partial charge in [-0.25, -0.2) is 4.98 Å². The van der Waals surface area contributed by atoms with E-state index in [9.17, 15) is 10.1 Å². The predicted molar refractivity (Wildman–Crippen MR) is 71.9 cm³/mol. The molecule has 0 aliphatic heterocycles. The van der Waals surface area contributed by atoms with Crippen LogP contribution in [-0.4, -0.2) is 14.5 Å². The van der Waals surface area contributed by atoms with E-state index < -0.39 is 0 Å². The molecule has 0 saturated carbocycles. The number of benzene rings is 2. The van der Waals surface area contributed by atoms with Crippen LogP contribution < -0.4 is 0 Å². The van der Waals surface area contributed by atoms with E-state index in [-0.39, 0.29) is 10.6 Å². The maximum Gasteiger partial charge on any atom is 0.269 e. The molecule has 0 atom stereocenters. The second-order valence-corrected chi connectivity index (χ2v) is 4.29. The lowest BCUT2D eigenvalue weighted by atomic mass is 10.2. The van der Waals surface area contributed by atoms with Gasteiger partial charge in [-0.05, 0) is 17.7 Å². The van der Waals surface area contributed by atoms with Gasteiger partial charge < -0.3 is 4.57 Å². The minimum absolute atomic E-state index is 0.113. The highest BCUT2D eigenvalue weighted by Crippen LogP contribution is 2.17. The molecule has 3 aromatic rings. The molecule has 5 nitrogen and oxygen atoms in total. The van der Waals surface area contributed by atoms with Crippen molar-refractivity contribution >= 4 is 16.7 Å². The Morgan fingerprint density at radius 3 is 2.84 bits per heavy atom. The number of para-hydroxylation sites is 2. The first-order valence-corrected chi connectivity index (χ1v) is 5.87. The van der Waals surface area contributed by atoms with Crippen molar-refractivity contribution in [2.75, 3.05) is 0 Å². The van der Waals surface area contributed by atoms with Crippen molar-refractivity contribution in [2.45, 2.75) is 6.54 Å². The molecule has 0 spiro atoms. The Morgan fingerprint density at radius 1 is 1.16 bits per heavy atom. The fraction of sp³-hybridized carbons (Fsp3) is 0.0714. The third-order valence-electron chi connectivity index (χ3n) is 3.00. The monoisotopic (exact) mass is 253 g/mol. The summed E-state index contributed by atoms with van der Waals surface area (Å²) >= 11 is 0. The number of nitro benzene ring substituents is 1. The highest BCUT2D eigenvalue weighted by molar-refractivity contribution is 5.75. The maximum absolute atomic E-state index is 10.8. The van der Waals surface area contributed by atoms with Crippen LogP contribution in [0.4, 0.5) is 5.69 Å². The molecule has 0 amide bonds. The van der Waals surface area contributed by atoms with Gasteiger partial charge in [0.2, 0.25) is 0 Å². The first kappa shape index (κ1) is 11.4. The number of aromatic nitrogens is 2. The van der Waals surface area contributed by atoms with Gasteiger partial charge in [0.1, 0.15) is 0 Å². The molecule has 2 aromatic carbocycles. The van der Waals surface area contributed by atoms with E-state index in [4.69, 9.17) is 0 Å². The molecule has 0 bridgehead atoms. The molecular formula is C14H11N3O2. The van der Waals surface area contributed by atoms with Gasteiger partial charge in [-0.3, -0.25) is 10.1 Å². The minimum Gasteiger partial charge on any atom is -0.326 e. The van der Waals surface area contributed by atoms with Gasteiger partial charge >= 0.3 is 0 Å². The molecule has 0 fully saturated rings. The standard InChI is InChI=1S/C14H11N3O2/c18-17(19)12-5-3-4-11(8-12)9-16-10-15-13-6-1-2-7-14(13)16/h1-8,10H,9H2. The molecule has 0 unspecified atom stereocenters. The average molecular weight is 253 g/mol. The van der Waals surface area contributed by atoms with Crippen molar-refractivity contribution in [3.05, 3.63) is 70.5 Å². The summed E-state index contributed by atoms with van der Waals surface area (Å²) in [6, 6.07) is 14.5. The van der Waals surface area contributed by atoms with Crippen molar-refractivity contribution in [1.82, 2.24) is 9.55 Å². The summed E-state index contributed by atoms with van der Waals surface area (Å²) in [4.78, 5) is 14.7. The number of fused-ring (bicyclic) bond motifs is 1. The molecule has 94 valence electrons. The van der Waals surface area contributed by atoms with Crippen LogP contribution in [-0.2, 0) is 6.54 Å². The molecule has 1 aromatic heterocycles. The SMILES string of the molecule is O=[N+]([O-])c1cccc(Cn2cnc3ccccc32)c1. The molecule has 3 rings (SSSR count). The zero-order valence-corrected chi connectivity index (χ0v) is 10.1. The number of rotatable bonds is 3. The van der Waals surface area contributed by atoms with Crippen molar-refractivity contribution < 1.29 is 4.92 Å². The molecule has 0 N–H and O–H groups in total. The topological polar surface area (TPSA) is 61.0 Å². The van der Waals surface area contributed by atoms with E-state index in [1.165, 1.54) is 6.07 Å². The summed E-state index contributed by atoms with van der Waals surface area (Å²) in [5, 5.41) is 10.8. The first-order valence-electron chi connectivity index (χ1n) is 5.87. The largest absolute Gasteiger partial charge is 0.326 e. The van der Waals surface area contributed by atoms with Crippen LogP contribution in [0, 0.1) is 10.1 Å². The van der Waals surface area contributed by atoms with Crippen LogP contribution in [0.25, 0.3) is 11.0 Å². The predicted octanol–water partition coefficient (Wildman–Crippen LogP) is 2.99. The smallest absolute Gasteiger partial charge is 0.269 e. The quantitative estimate of drug-likeness (QED) is 0.532. The van der Waals surface area contributed by atoms with Crippen LogP contribution in [0.2, 0.25) is 0 Å². The van der Waals surface area contributed by atoms with E-state index in [2.05, 4.69) is 4.98 Å². The minimum atomic E-state index is -0.379. The molecule has 0 radical (unpaired) electrons. The van der Waals surface area contributed by atoms with Crippen molar-refractivity contribution in [1.29, 1.82) is 0 Å². The highest BCUT2D eigenvalue weighted by Gasteiger charge is 2.07. The summed E-state index contributed by atoms with van der Waals surface area (Å²) in [5.41, 5.74) is 2.95. The van der Waals surface area contributed by atoms with Crippen molar-refractivity contribution in [2.24, 2.45) is 0 Å². The normalized spacial score (nSPS) is 10.7. The lowest BCUT2D eigenvalue weighted by Gasteiger charge is -2.04. The Morgan fingerprint density at radius 2 is 2.00 bits per heavy atom. The van der Waals surface area contributed by atoms with E-state index in [1.807, 2.05) is 34.9 Å². The number of hydrogen-bond donors (Lipinski definition) is 0. The lowest BCUT2D eigenvalue weighted by molar-refractivity contribution is -0.384. The molecule has 0 aliphatic rings. The van der Waals surface area contributed by atoms with E-state index in [0.29, 0.717) is 6.54 Å². The number of nitro groups is 1. The van der Waals surface area contributed by atoms with E-state index in [1.54, 1.807) is 18.5 Å². The van der Waals surface area contributed by atoms with Gasteiger partial charge in [-0.15, -0.1) is 0 Å². The number of nitrogens with zero attached hydrogens (tertiary/aromatic N) is 3. The molecule has 19 heavy (non-hydrogen) atoms. The maximum atomic E-state index is 10.8. The zero-order chi connectivity index (χ0) is 13.2. The van der Waals surface area contributed by atoms with Gasteiger partial charge in [0.15, 0.2) is 0 Å². The number of imidazole rings is 1. The highest BCUT2D eigenvalue weighted by atomic mass is 16.6. The third-order valence-corrected chi connectivity index (χ3v) is 3.00. The fourth-order valence-electron chi connectivity index (χ4n) is 2.10. The van der Waals surface area contributed by atoms with Crippen LogP contribution >= 0.6 is 0 Å². The first-order chi connectivity index (χ1) is 9.24. The van der Waals surface area contributed by atoms with Crippen LogP contribution in [0.3, 0.4) is 0 Å². The summed E-state index contributed by atoms with van der Waals surface area (Å²) in [5.74, 6) is 0. The lowest BCUT2D eigenvalue weighted by Crippen LogP contribution is -1.98. The van der Waals surface area contributed by atoms with Crippen LogP contribution in [0.15, 0.2) is 54.9 Å². The number of non-ortho nitro benzene ring substituents is 1. The van der Waals surface area contributed by atoms with Crippen molar-refractivity contribution in [3.8, 4) is 0 Å². The van der Waals surface area contributed by atoms with Crippen LogP contribution in [0.5, 0.6) is 0 Å². The summed E-state index contributed by atoms with van der Waals surface area (Å²) in [6.45, 7) is 0.572. The van der Waals surface area contributed by atoms with Gasteiger partial charge in [0.05, 0.1) is 22.3 Å². The van der Waals surface area contributed by atoms with E-state index >= 15 is 0 Å². The Balaban J connectivity index is 1.97. The van der Waals surface area contributed by atoms with Crippen LogP contribution in [0.1, 0.15) is 5.56 Å². The third kappa shape index (κ3) is 2.18. The molecule has 0 aliphatic carbocycles. The fourth-order valence-corrected chi connectivity index (χ4v) is 2.10. The Kier molecular flexibility index (Phi) is 2.72. The molecule has 1 heterocycles. The van der Waals surface area contributed by atoms with Gasteiger partial charge in [-0.2, -0.15) is 0 Å². The van der Waals surface area contributed by atoms with Gasteiger partial charge in [0.25, 0.3) is 5.69 Å². The second kappa shape index (κ2) is 4.53. The zero-order valence-electron chi connectivity index (χ0n) is 10.1. The summed E-state index contributed by atoms with van der Waals surface area (Å²) in [6.07, 6.45) is 1.75. The Labute approximate surface area is 109 Å². The van der Waals surface area contributed by atoms with Gasteiger partial charge in [-0.1, -0.05) is 24.3 Å². The molecule has 0 saturated heterocycles. The van der Waals surface area contributed by atoms with Crippen molar-refractivity contribution in [3.63, 3.8) is 0 Å². The van der Waals surface area contributed by atoms with Gasteiger partial charge in [0, 0.05) is 18.7 Å².